The van der Waals surface area contributed by atoms with Gasteiger partial charge in [0.15, 0.2) is 5.69 Å². The Hall–Kier alpha value is -2.25. The van der Waals surface area contributed by atoms with Crippen molar-refractivity contribution in [3.8, 4) is 5.69 Å². The molecule has 29 heavy (non-hydrogen) atoms. The SMILES string of the molecule is Cc1cc(=O)c(C(=O)NC2C3CCCC2CC(N)C3)nn1-c1ccccc1F.Cl. The highest BCUT2D eigenvalue weighted by atomic mass is 35.5. The molecular formula is C21H26ClFN4O2. The van der Waals surface area contributed by atoms with Gasteiger partial charge in [-0.25, -0.2) is 9.07 Å². The van der Waals surface area contributed by atoms with E-state index in [1.165, 1.54) is 16.8 Å². The van der Waals surface area contributed by atoms with Crippen LogP contribution in [0.25, 0.3) is 5.69 Å². The second-order valence-corrected chi connectivity index (χ2v) is 8.04. The first-order valence-corrected chi connectivity index (χ1v) is 9.86. The Morgan fingerprint density at radius 3 is 2.55 bits per heavy atom. The van der Waals surface area contributed by atoms with Crippen LogP contribution in [0, 0.1) is 24.6 Å². The summed E-state index contributed by atoms with van der Waals surface area (Å²) in [5.74, 6) is -0.284. The van der Waals surface area contributed by atoms with Crippen molar-refractivity contribution in [2.75, 3.05) is 0 Å². The van der Waals surface area contributed by atoms with Gasteiger partial charge in [-0.2, -0.15) is 5.10 Å². The summed E-state index contributed by atoms with van der Waals surface area (Å²) in [6.07, 6.45) is 5.01. The Bertz CT molecular complexity index is 950. The number of nitrogens with one attached hydrogen (secondary N) is 1. The summed E-state index contributed by atoms with van der Waals surface area (Å²) in [5, 5.41) is 7.25. The normalized spacial score (nSPS) is 25.8. The maximum absolute atomic E-state index is 14.2. The number of benzene rings is 1. The fraction of sp³-hybridized carbons (Fsp3) is 0.476. The lowest BCUT2D eigenvalue weighted by Gasteiger charge is -2.45. The molecule has 156 valence electrons. The molecule has 3 N–H and O–H groups in total. The van der Waals surface area contributed by atoms with Gasteiger partial charge in [-0.3, -0.25) is 9.59 Å². The number of hydrogen-bond acceptors (Lipinski definition) is 4. The number of halogens is 2. The summed E-state index contributed by atoms with van der Waals surface area (Å²) in [6, 6.07) is 7.67. The number of para-hydroxylation sites is 1. The topological polar surface area (TPSA) is 90.0 Å². The largest absolute Gasteiger partial charge is 0.347 e. The first-order valence-electron chi connectivity index (χ1n) is 9.86. The molecule has 2 unspecified atom stereocenters. The Morgan fingerprint density at radius 2 is 1.90 bits per heavy atom. The molecule has 2 aliphatic carbocycles. The monoisotopic (exact) mass is 420 g/mol. The van der Waals surface area contributed by atoms with E-state index in [0.29, 0.717) is 17.5 Å². The predicted octanol–water partition coefficient (Wildman–Crippen LogP) is 2.74. The van der Waals surface area contributed by atoms with Gasteiger partial charge in [-0.1, -0.05) is 18.6 Å². The van der Waals surface area contributed by atoms with Gasteiger partial charge in [-0.15, -0.1) is 12.4 Å². The molecule has 1 heterocycles. The number of nitrogens with zero attached hydrogens (tertiary/aromatic N) is 2. The van der Waals surface area contributed by atoms with Crippen LogP contribution in [-0.4, -0.2) is 27.8 Å². The zero-order valence-electron chi connectivity index (χ0n) is 16.3. The van der Waals surface area contributed by atoms with Crippen LogP contribution >= 0.6 is 12.4 Å². The zero-order valence-corrected chi connectivity index (χ0v) is 17.1. The van der Waals surface area contributed by atoms with Gasteiger partial charge in [0.1, 0.15) is 11.5 Å². The number of fused-ring (bicyclic) bond motifs is 2. The second-order valence-electron chi connectivity index (χ2n) is 8.04. The average Bonchev–Trinajstić information content (AvgIpc) is 2.63. The minimum Gasteiger partial charge on any atom is -0.347 e. The van der Waals surface area contributed by atoms with Gasteiger partial charge in [0.2, 0.25) is 5.43 Å². The number of amides is 1. The Labute approximate surface area is 175 Å². The third kappa shape index (κ3) is 4.21. The van der Waals surface area contributed by atoms with Crippen molar-refractivity contribution < 1.29 is 9.18 Å². The smallest absolute Gasteiger partial charge is 0.276 e. The number of carbonyl (C=O) groups excluding carboxylic acids is 1. The van der Waals surface area contributed by atoms with Gasteiger partial charge >= 0.3 is 0 Å². The van der Waals surface area contributed by atoms with E-state index in [0.717, 1.165) is 32.1 Å². The molecule has 6 nitrogen and oxygen atoms in total. The lowest BCUT2D eigenvalue weighted by molar-refractivity contribution is 0.0749. The molecule has 2 fully saturated rings. The van der Waals surface area contributed by atoms with E-state index in [2.05, 4.69) is 10.4 Å². The van der Waals surface area contributed by atoms with Crippen molar-refractivity contribution in [2.45, 2.75) is 51.1 Å². The summed E-state index contributed by atoms with van der Waals surface area (Å²) in [5.41, 5.74) is 6.16. The maximum Gasteiger partial charge on any atom is 0.276 e. The molecule has 2 atom stereocenters. The third-order valence-electron chi connectivity index (χ3n) is 6.08. The van der Waals surface area contributed by atoms with Crippen molar-refractivity contribution in [2.24, 2.45) is 17.6 Å². The molecule has 8 heteroatoms. The van der Waals surface area contributed by atoms with Crippen LogP contribution in [0.5, 0.6) is 0 Å². The van der Waals surface area contributed by atoms with Gasteiger partial charge in [0, 0.05) is 23.8 Å². The van der Waals surface area contributed by atoms with E-state index < -0.39 is 17.2 Å². The van der Waals surface area contributed by atoms with Gasteiger partial charge < -0.3 is 11.1 Å². The Balaban J connectivity index is 0.00000240. The highest BCUT2D eigenvalue weighted by Crippen LogP contribution is 2.39. The summed E-state index contributed by atoms with van der Waals surface area (Å²) >= 11 is 0. The van der Waals surface area contributed by atoms with Crippen molar-refractivity contribution in [3.05, 3.63) is 57.8 Å². The van der Waals surface area contributed by atoms with Gasteiger partial charge in [0.05, 0.1) is 0 Å². The molecule has 0 saturated heterocycles. The van der Waals surface area contributed by atoms with Gasteiger partial charge in [0.25, 0.3) is 5.91 Å². The summed E-state index contributed by atoms with van der Waals surface area (Å²) < 4.78 is 15.5. The molecule has 1 amide bonds. The van der Waals surface area contributed by atoms with E-state index in [1.807, 2.05) is 0 Å². The van der Waals surface area contributed by atoms with Crippen LogP contribution < -0.4 is 16.5 Å². The van der Waals surface area contributed by atoms with Crippen LogP contribution in [0.15, 0.2) is 35.1 Å². The molecular weight excluding hydrogens is 395 g/mol. The number of rotatable bonds is 3. The fourth-order valence-electron chi connectivity index (χ4n) is 4.82. The lowest BCUT2D eigenvalue weighted by atomic mass is 9.67. The number of aryl methyl sites for hydroxylation is 1. The maximum atomic E-state index is 14.2. The molecule has 4 rings (SSSR count). The van der Waals surface area contributed by atoms with Crippen LogP contribution in [0.1, 0.15) is 48.3 Å². The predicted molar refractivity (Wildman–Crippen MR) is 111 cm³/mol. The second kappa shape index (κ2) is 8.63. The molecule has 0 radical (unpaired) electrons. The number of aromatic nitrogens is 2. The van der Waals surface area contributed by atoms with Crippen molar-refractivity contribution in [3.63, 3.8) is 0 Å². The van der Waals surface area contributed by atoms with Crippen LogP contribution in [0.3, 0.4) is 0 Å². The first-order chi connectivity index (χ1) is 13.4. The van der Waals surface area contributed by atoms with E-state index >= 15 is 0 Å². The summed E-state index contributed by atoms with van der Waals surface area (Å²) in [6.45, 7) is 1.66. The minimum absolute atomic E-state index is 0. The highest BCUT2D eigenvalue weighted by molar-refractivity contribution is 5.92. The van der Waals surface area contributed by atoms with Crippen LogP contribution in [0.4, 0.5) is 4.39 Å². The van der Waals surface area contributed by atoms with Crippen LogP contribution in [0.2, 0.25) is 0 Å². The van der Waals surface area contributed by atoms with Crippen molar-refractivity contribution in [1.82, 2.24) is 15.1 Å². The number of nitrogens with two attached hydrogens (primary N) is 1. The standard InChI is InChI=1S/C21H25FN4O2.ClH/c1-12-9-18(27)20(25-26(12)17-8-3-2-7-16(17)22)21(28)24-19-13-5-4-6-14(19)11-15(23)10-13;/h2-3,7-9,13-15,19H,4-6,10-11,23H2,1H3,(H,24,28);1H. The van der Waals surface area contributed by atoms with Crippen molar-refractivity contribution >= 4 is 18.3 Å². The molecule has 2 aliphatic rings. The fourth-order valence-corrected chi connectivity index (χ4v) is 4.82. The number of carbonyl (C=O) groups is 1. The third-order valence-corrected chi connectivity index (χ3v) is 6.08. The number of hydrogen-bond donors (Lipinski definition) is 2. The molecule has 0 aliphatic heterocycles. The minimum atomic E-state index is -0.493. The molecule has 2 bridgehead atoms. The Morgan fingerprint density at radius 1 is 1.24 bits per heavy atom. The van der Waals surface area contributed by atoms with E-state index in [1.54, 1.807) is 25.1 Å². The molecule has 2 aromatic rings. The van der Waals surface area contributed by atoms with E-state index in [4.69, 9.17) is 5.73 Å². The molecule has 1 aromatic heterocycles. The first kappa shape index (κ1) is 21.5. The summed E-state index contributed by atoms with van der Waals surface area (Å²) in [7, 11) is 0. The zero-order chi connectivity index (χ0) is 19.8. The van der Waals surface area contributed by atoms with E-state index in [-0.39, 0.29) is 35.9 Å². The van der Waals surface area contributed by atoms with E-state index in [9.17, 15) is 14.0 Å². The summed E-state index contributed by atoms with van der Waals surface area (Å²) in [4.78, 5) is 25.4. The Kier molecular flexibility index (Phi) is 6.39. The van der Waals surface area contributed by atoms with Gasteiger partial charge in [-0.05, 0) is 56.6 Å². The van der Waals surface area contributed by atoms with Crippen molar-refractivity contribution in [1.29, 1.82) is 0 Å². The highest BCUT2D eigenvalue weighted by Gasteiger charge is 2.40. The molecule has 2 saturated carbocycles. The van der Waals surface area contributed by atoms with Crippen LogP contribution in [-0.2, 0) is 0 Å². The molecule has 0 spiro atoms. The average molecular weight is 421 g/mol. The molecule has 1 aromatic carbocycles. The lowest BCUT2D eigenvalue weighted by Crippen LogP contribution is -2.54. The quantitative estimate of drug-likeness (QED) is 0.798.